The maximum atomic E-state index is 10.6. The van der Waals surface area contributed by atoms with Gasteiger partial charge in [0.15, 0.2) is 0 Å². The van der Waals surface area contributed by atoms with Gasteiger partial charge in [0.25, 0.3) is 0 Å². The van der Waals surface area contributed by atoms with Crippen molar-refractivity contribution in [1.82, 2.24) is 4.90 Å². The molecule has 0 aliphatic carbocycles. The van der Waals surface area contributed by atoms with E-state index in [0.29, 0.717) is 25.3 Å². The fourth-order valence-electron chi connectivity index (χ4n) is 3.34. The molecule has 0 bridgehead atoms. The van der Waals surface area contributed by atoms with Gasteiger partial charge in [-0.25, -0.2) is 0 Å². The molecule has 1 atom stereocenters. The molecule has 23 heavy (non-hydrogen) atoms. The zero-order chi connectivity index (χ0) is 17.0. The highest BCUT2D eigenvalue weighted by Gasteiger charge is 2.32. The van der Waals surface area contributed by atoms with Gasteiger partial charge in [0.05, 0.1) is 26.4 Å². The number of hydrogen-bond acceptors (Lipinski definition) is 5. The van der Waals surface area contributed by atoms with Crippen LogP contribution < -0.4 is 9.47 Å². The van der Waals surface area contributed by atoms with Gasteiger partial charge in [-0.1, -0.05) is 13.8 Å². The molecular formula is C18H26N2O3. The maximum Gasteiger partial charge on any atom is 0.125 e. The van der Waals surface area contributed by atoms with Gasteiger partial charge in [0.1, 0.15) is 11.5 Å². The molecule has 5 nitrogen and oxygen atoms in total. The molecule has 1 aliphatic rings. The quantitative estimate of drug-likeness (QED) is 0.873. The molecule has 1 aromatic rings. The van der Waals surface area contributed by atoms with E-state index in [-0.39, 0.29) is 5.41 Å². The van der Waals surface area contributed by atoms with Crippen LogP contribution in [0.25, 0.3) is 0 Å². The van der Waals surface area contributed by atoms with Gasteiger partial charge >= 0.3 is 0 Å². The lowest BCUT2D eigenvalue weighted by atomic mass is 9.86. The van der Waals surface area contributed by atoms with E-state index in [4.69, 9.17) is 14.7 Å². The molecule has 0 saturated heterocycles. The Morgan fingerprint density at radius 1 is 1.30 bits per heavy atom. The third-order valence-electron chi connectivity index (χ3n) is 4.43. The summed E-state index contributed by atoms with van der Waals surface area (Å²) in [5, 5.41) is 19.4. The van der Waals surface area contributed by atoms with E-state index in [1.54, 1.807) is 14.2 Å². The number of β-amino-alcohol motifs (C(OH)–C–C–N with tert-alkyl or cyclic N) is 1. The Bertz CT molecular complexity index is 593. The zero-order valence-corrected chi connectivity index (χ0v) is 14.4. The highest BCUT2D eigenvalue weighted by molar-refractivity contribution is 5.51. The van der Waals surface area contributed by atoms with Crippen LogP contribution in [0.4, 0.5) is 0 Å². The summed E-state index contributed by atoms with van der Waals surface area (Å²) in [5.74, 6) is 1.48. The Morgan fingerprint density at radius 2 is 1.96 bits per heavy atom. The first-order valence-electron chi connectivity index (χ1n) is 7.93. The molecule has 0 fully saturated rings. The molecule has 1 unspecified atom stereocenters. The van der Waals surface area contributed by atoms with Gasteiger partial charge in [-0.15, -0.1) is 0 Å². The van der Waals surface area contributed by atoms with Crippen molar-refractivity contribution in [2.75, 3.05) is 27.3 Å². The minimum atomic E-state index is -0.601. The van der Waals surface area contributed by atoms with Crippen LogP contribution in [-0.4, -0.2) is 37.3 Å². The van der Waals surface area contributed by atoms with Crippen LogP contribution in [0.3, 0.4) is 0 Å². The summed E-state index contributed by atoms with van der Waals surface area (Å²) in [4.78, 5) is 2.23. The first-order valence-corrected chi connectivity index (χ1v) is 7.93. The smallest absolute Gasteiger partial charge is 0.125 e. The predicted molar refractivity (Wildman–Crippen MR) is 88.4 cm³/mol. The summed E-state index contributed by atoms with van der Waals surface area (Å²) in [5.41, 5.74) is 1.85. The van der Waals surface area contributed by atoms with E-state index in [2.05, 4.69) is 24.8 Å². The number of rotatable bonds is 6. The standard InChI is InChI=1S/C18H26N2O3/c1-18(2,8-5-9-19)12-20-10-13-15(22-3)6-7-16(23-4)17(13)14(21)11-20/h6-7,14,21H,5,8,10-12H2,1-4H3. The normalized spacial score (nSPS) is 18.2. The minimum Gasteiger partial charge on any atom is -0.496 e. The molecule has 1 aliphatic heterocycles. The molecule has 126 valence electrons. The Labute approximate surface area is 138 Å². The minimum absolute atomic E-state index is 0.0268. The zero-order valence-electron chi connectivity index (χ0n) is 14.4. The topological polar surface area (TPSA) is 65.7 Å². The van der Waals surface area contributed by atoms with Crippen molar-refractivity contribution in [1.29, 1.82) is 5.26 Å². The average molecular weight is 318 g/mol. The number of hydrogen-bond donors (Lipinski definition) is 1. The van der Waals surface area contributed by atoms with Crippen molar-refractivity contribution in [2.24, 2.45) is 5.41 Å². The largest absolute Gasteiger partial charge is 0.496 e. The fraction of sp³-hybridized carbons (Fsp3) is 0.611. The number of aliphatic hydroxyl groups is 1. The predicted octanol–water partition coefficient (Wildman–Crippen LogP) is 2.88. The van der Waals surface area contributed by atoms with E-state index in [0.717, 1.165) is 29.8 Å². The Balaban J connectivity index is 2.25. The fourth-order valence-corrected chi connectivity index (χ4v) is 3.34. The number of aliphatic hydroxyl groups excluding tert-OH is 1. The van der Waals surface area contributed by atoms with Crippen LogP contribution in [0.2, 0.25) is 0 Å². The van der Waals surface area contributed by atoms with E-state index in [9.17, 15) is 5.11 Å². The van der Waals surface area contributed by atoms with Crippen LogP contribution in [0, 0.1) is 16.7 Å². The number of methoxy groups -OCH3 is 2. The molecule has 0 radical (unpaired) electrons. The summed E-state index contributed by atoms with van der Waals surface area (Å²) < 4.78 is 10.9. The summed E-state index contributed by atoms with van der Waals surface area (Å²) >= 11 is 0. The molecule has 2 rings (SSSR count). The van der Waals surface area contributed by atoms with Gasteiger partial charge in [0, 0.05) is 37.2 Å². The van der Waals surface area contributed by atoms with Crippen LogP contribution in [0.5, 0.6) is 11.5 Å². The highest BCUT2D eigenvalue weighted by atomic mass is 16.5. The van der Waals surface area contributed by atoms with Crippen molar-refractivity contribution in [3.8, 4) is 17.6 Å². The first kappa shape index (κ1) is 17.6. The first-order chi connectivity index (χ1) is 10.9. The van der Waals surface area contributed by atoms with E-state index in [1.165, 1.54) is 0 Å². The monoisotopic (exact) mass is 318 g/mol. The SMILES string of the molecule is COc1ccc(OC)c2c1CN(CC(C)(C)CCC#N)CC2O. The molecule has 0 aromatic heterocycles. The second-order valence-corrected chi connectivity index (χ2v) is 6.87. The highest BCUT2D eigenvalue weighted by Crippen LogP contribution is 2.40. The van der Waals surface area contributed by atoms with Crippen molar-refractivity contribution in [2.45, 2.75) is 39.3 Å². The van der Waals surface area contributed by atoms with Crippen LogP contribution in [-0.2, 0) is 6.54 Å². The van der Waals surface area contributed by atoms with E-state index in [1.807, 2.05) is 12.1 Å². The Kier molecular flexibility index (Phi) is 5.51. The Hall–Kier alpha value is -1.77. The van der Waals surface area contributed by atoms with Gasteiger partial charge in [-0.2, -0.15) is 5.26 Å². The molecular weight excluding hydrogens is 292 g/mol. The van der Waals surface area contributed by atoms with Crippen LogP contribution in [0.1, 0.15) is 43.9 Å². The van der Waals surface area contributed by atoms with E-state index >= 15 is 0 Å². The molecule has 0 amide bonds. The lowest BCUT2D eigenvalue weighted by Crippen LogP contribution is -2.40. The van der Waals surface area contributed by atoms with Crippen LogP contribution >= 0.6 is 0 Å². The van der Waals surface area contributed by atoms with Gasteiger partial charge in [0.2, 0.25) is 0 Å². The molecule has 1 aromatic carbocycles. The lowest BCUT2D eigenvalue weighted by Gasteiger charge is -2.38. The number of benzene rings is 1. The molecule has 1 N–H and O–H groups in total. The van der Waals surface area contributed by atoms with Crippen molar-refractivity contribution in [3.63, 3.8) is 0 Å². The van der Waals surface area contributed by atoms with Gasteiger partial charge in [-0.3, -0.25) is 4.90 Å². The maximum absolute atomic E-state index is 10.6. The molecule has 0 saturated carbocycles. The summed E-state index contributed by atoms with van der Waals surface area (Å²) in [6, 6.07) is 5.94. The van der Waals surface area contributed by atoms with Crippen molar-refractivity contribution < 1.29 is 14.6 Å². The number of ether oxygens (including phenoxy) is 2. The molecule has 0 spiro atoms. The number of fused-ring (bicyclic) bond motifs is 1. The van der Waals surface area contributed by atoms with Crippen LogP contribution in [0.15, 0.2) is 12.1 Å². The summed E-state index contributed by atoms with van der Waals surface area (Å²) in [7, 11) is 3.26. The summed E-state index contributed by atoms with van der Waals surface area (Å²) in [6.07, 6.45) is 0.797. The lowest BCUT2D eigenvalue weighted by molar-refractivity contribution is 0.0632. The van der Waals surface area contributed by atoms with Crippen molar-refractivity contribution >= 4 is 0 Å². The van der Waals surface area contributed by atoms with Crippen molar-refractivity contribution in [3.05, 3.63) is 23.3 Å². The third-order valence-corrected chi connectivity index (χ3v) is 4.43. The second kappa shape index (κ2) is 7.20. The van der Waals surface area contributed by atoms with Gasteiger partial charge in [-0.05, 0) is 24.0 Å². The third kappa shape index (κ3) is 3.95. The average Bonchev–Trinajstić information content (AvgIpc) is 2.51. The molecule has 1 heterocycles. The van der Waals surface area contributed by atoms with E-state index < -0.39 is 6.10 Å². The second-order valence-electron chi connectivity index (χ2n) is 6.87. The van der Waals surface area contributed by atoms with Gasteiger partial charge < -0.3 is 14.6 Å². The Morgan fingerprint density at radius 3 is 2.57 bits per heavy atom. The number of nitriles is 1. The number of nitrogens with zero attached hydrogens (tertiary/aromatic N) is 2. The summed E-state index contributed by atoms with van der Waals surface area (Å²) in [6.45, 7) is 6.42. The molecule has 5 heteroatoms.